The van der Waals surface area contributed by atoms with Gasteiger partial charge >= 0.3 is 0 Å². The Labute approximate surface area is 154 Å². The van der Waals surface area contributed by atoms with Gasteiger partial charge in [0.2, 0.25) is 0 Å². The SMILES string of the molecule is CN=C(NCCOc1cccnc1)NCc1cccc(C)c1.I. The van der Waals surface area contributed by atoms with Gasteiger partial charge in [-0.05, 0) is 24.6 Å². The maximum Gasteiger partial charge on any atom is 0.191 e. The fourth-order valence-electron chi connectivity index (χ4n) is 2.00. The van der Waals surface area contributed by atoms with Crippen molar-refractivity contribution < 1.29 is 4.74 Å². The third kappa shape index (κ3) is 7.32. The van der Waals surface area contributed by atoms with Gasteiger partial charge in [0.05, 0.1) is 12.7 Å². The van der Waals surface area contributed by atoms with E-state index in [1.807, 2.05) is 12.1 Å². The van der Waals surface area contributed by atoms with Crippen LogP contribution in [0.25, 0.3) is 0 Å². The molecule has 0 saturated heterocycles. The molecular formula is C17H23IN4O. The van der Waals surface area contributed by atoms with E-state index >= 15 is 0 Å². The number of pyridine rings is 1. The molecule has 124 valence electrons. The van der Waals surface area contributed by atoms with E-state index in [9.17, 15) is 0 Å². The predicted molar refractivity (Wildman–Crippen MR) is 105 cm³/mol. The molecule has 0 unspecified atom stereocenters. The van der Waals surface area contributed by atoms with E-state index in [0.717, 1.165) is 18.3 Å². The molecule has 2 rings (SSSR count). The number of hydrogen-bond acceptors (Lipinski definition) is 3. The number of aliphatic imine (C=N–C) groups is 1. The van der Waals surface area contributed by atoms with Crippen LogP contribution in [0.1, 0.15) is 11.1 Å². The molecule has 0 spiro atoms. The van der Waals surface area contributed by atoms with Gasteiger partial charge < -0.3 is 15.4 Å². The second-order valence-corrected chi connectivity index (χ2v) is 4.88. The minimum atomic E-state index is 0. The van der Waals surface area contributed by atoms with Gasteiger partial charge in [-0.15, -0.1) is 24.0 Å². The van der Waals surface area contributed by atoms with Gasteiger partial charge in [-0.2, -0.15) is 0 Å². The van der Waals surface area contributed by atoms with Crippen molar-refractivity contribution in [2.75, 3.05) is 20.2 Å². The number of nitrogens with zero attached hydrogens (tertiary/aromatic N) is 2. The van der Waals surface area contributed by atoms with Crippen molar-refractivity contribution >= 4 is 29.9 Å². The van der Waals surface area contributed by atoms with E-state index in [0.29, 0.717) is 13.2 Å². The third-order valence-corrected chi connectivity index (χ3v) is 3.06. The van der Waals surface area contributed by atoms with Crippen molar-refractivity contribution in [2.24, 2.45) is 4.99 Å². The van der Waals surface area contributed by atoms with Gasteiger partial charge in [-0.3, -0.25) is 9.98 Å². The van der Waals surface area contributed by atoms with Gasteiger partial charge in [-0.1, -0.05) is 29.8 Å². The standard InChI is InChI=1S/C17H22N4O.HI/c1-14-5-3-6-15(11-14)12-21-17(18-2)20-9-10-22-16-7-4-8-19-13-16;/h3-8,11,13H,9-10,12H2,1-2H3,(H2,18,20,21);1H. The molecule has 0 radical (unpaired) electrons. The highest BCUT2D eigenvalue weighted by molar-refractivity contribution is 14.0. The summed E-state index contributed by atoms with van der Waals surface area (Å²) in [6, 6.07) is 12.1. The molecule has 0 atom stereocenters. The van der Waals surface area contributed by atoms with E-state index in [1.165, 1.54) is 11.1 Å². The van der Waals surface area contributed by atoms with Crippen LogP contribution in [0, 0.1) is 6.92 Å². The lowest BCUT2D eigenvalue weighted by Crippen LogP contribution is -2.38. The van der Waals surface area contributed by atoms with Crippen LogP contribution in [0.4, 0.5) is 0 Å². The number of aryl methyl sites for hydroxylation is 1. The summed E-state index contributed by atoms with van der Waals surface area (Å²) in [4.78, 5) is 8.20. The summed E-state index contributed by atoms with van der Waals surface area (Å²) < 4.78 is 5.57. The Hall–Kier alpha value is -1.83. The first kappa shape index (κ1) is 19.2. The fourth-order valence-corrected chi connectivity index (χ4v) is 2.00. The molecular weight excluding hydrogens is 403 g/mol. The monoisotopic (exact) mass is 426 g/mol. The highest BCUT2D eigenvalue weighted by atomic mass is 127. The Balaban J connectivity index is 0.00000264. The molecule has 2 N–H and O–H groups in total. The molecule has 0 fully saturated rings. The van der Waals surface area contributed by atoms with Crippen LogP contribution in [0.5, 0.6) is 5.75 Å². The molecule has 1 aromatic carbocycles. The quantitative estimate of drug-likeness (QED) is 0.323. The highest BCUT2D eigenvalue weighted by Crippen LogP contribution is 2.05. The van der Waals surface area contributed by atoms with Crippen molar-refractivity contribution in [3.05, 3.63) is 59.9 Å². The summed E-state index contributed by atoms with van der Waals surface area (Å²) in [5.41, 5.74) is 2.49. The maximum absolute atomic E-state index is 5.57. The Morgan fingerprint density at radius 3 is 2.78 bits per heavy atom. The van der Waals surface area contributed by atoms with E-state index in [-0.39, 0.29) is 24.0 Å². The third-order valence-electron chi connectivity index (χ3n) is 3.06. The summed E-state index contributed by atoms with van der Waals surface area (Å²) in [7, 11) is 1.76. The van der Waals surface area contributed by atoms with Crippen molar-refractivity contribution in [2.45, 2.75) is 13.5 Å². The first-order valence-corrected chi connectivity index (χ1v) is 7.31. The minimum absolute atomic E-state index is 0. The second-order valence-electron chi connectivity index (χ2n) is 4.88. The molecule has 0 amide bonds. The molecule has 2 aromatic rings. The average Bonchev–Trinajstić information content (AvgIpc) is 2.55. The predicted octanol–water partition coefficient (Wildman–Crippen LogP) is 2.75. The first-order valence-electron chi connectivity index (χ1n) is 7.31. The zero-order valence-electron chi connectivity index (χ0n) is 13.5. The number of rotatable bonds is 6. The number of halogens is 1. The molecule has 0 aliphatic heterocycles. The Kier molecular flexibility index (Phi) is 9.04. The molecule has 0 aliphatic carbocycles. The summed E-state index contributed by atoms with van der Waals surface area (Å²) in [5, 5.41) is 6.50. The van der Waals surface area contributed by atoms with Crippen LogP contribution < -0.4 is 15.4 Å². The minimum Gasteiger partial charge on any atom is -0.490 e. The number of aromatic nitrogens is 1. The van der Waals surface area contributed by atoms with Crippen LogP contribution in [0.2, 0.25) is 0 Å². The molecule has 0 saturated carbocycles. The molecule has 1 aromatic heterocycles. The van der Waals surface area contributed by atoms with Crippen LogP contribution in [-0.4, -0.2) is 31.1 Å². The second kappa shape index (κ2) is 10.8. The highest BCUT2D eigenvalue weighted by Gasteiger charge is 1.99. The van der Waals surface area contributed by atoms with Crippen LogP contribution >= 0.6 is 24.0 Å². The van der Waals surface area contributed by atoms with E-state index in [4.69, 9.17) is 4.74 Å². The van der Waals surface area contributed by atoms with Crippen LogP contribution in [-0.2, 0) is 6.54 Å². The van der Waals surface area contributed by atoms with Crippen molar-refractivity contribution in [1.29, 1.82) is 0 Å². The molecule has 23 heavy (non-hydrogen) atoms. The van der Waals surface area contributed by atoms with Gasteiger partial charge in [0, 0.05) is 19.8 Å². The Bertz CT molecular complexity index is 605. The number of ether oxygens (including phenoxy) is 1. The van der Waals surface area contributed by atoms with E-state index in [1.54, 1.807) is 19.4 Å². The average molecular weight is 426 g/mol. The number of guanidine groups is 1. The first-order chi connectivity index (χ1) is 10.8. The smallest absolute Gasteiger partial charge is 0.191 e. The molecule has 0 bridgehead atoms. The van der Waals surface area contributed by atoms with Crippen molar-refractivity contribution in [1.82, 2.24) is 15.6 Å². The number of nitrogens with one attached hydrogen (secondary N) is 2. The van der Waals surface area contributed by atoms with Crippen LogP contribution in [0.15, 0.2) is 53.8 Å². The van der Waals surface area contributed by atoms with Crippen molar-refractivity contribution in [3.8, 4) is 5.75 Å². The summed E-state index contributed by atoms with van der Waals surface area (Å²) in [5.74, 6) is 1.53. The topological polar surface area (TPSA) is 58.5 Å². The zero-order valence-corrected chi connectivity index (χ0v) is 15.8. The largest absolute Gasteiger partial charge is 0.490 e. The van der Waals surface area contributed by atoms with Gasteiger partial charge in [-0.25, -0.2) is 0 Å². The van der Waals surface area contributed by atoms with E-state index < -0.39 is 0 Å². The molecule has 1 heterocycles. The normalized spacial score (nSPS) is 10.6. The lowest BCUT2D eigenvalue weighted by atomic mass is 10.1. The van der Waals surface area contributed by atoms with Gasteiger partial charge in [0.25, 0.3) is 0 Å². The number of benzene rings is 1. The Morgan fingerprint density at radius 1 is 1.22 bits per heavy atom. The molecule has 0 aliphatic rings. The Morgan fingerprint density at radius 2 is 2.09 bits per heavy atom. The lowest BCUT2D eigenvalue weighted by Gasteiger charge is -2.12. The summed E-state index contributed by atoms with van der Waals surface area (Å²) in [6.45, 7) is 4.05. The summed E-state index contributed by atoms with van der Waals surface area (Å²) >= 11 is 0. The van der Waals surface area contributed by atoms with Gasteiger partial charge in [0.1, 0.15) is 12.4 Å². The van der Waals surface area contributed by atoms with E-state index in [2.05, 4.69) is 51.8 Å². The van der Waals surface area contributed by atoms with Gasteiger partial charge in [0.15, 0.2) is 5.96 Å². The fraction of sp³-hybridized carbons (Fsp3) is 0.294. The number of hydrogen-bond donors (Lipinski definition) is 2. The molecule has 6 heteroatoms. The van der Waals surface area contributed by atoms with Crippen molar-refractivity contribution in [3.63, 3.8) is 0 Å². The summed E-state index contributed by atoms with van der Waals surface area (Å²) in [6.07, 6.45) is 3.42. The van der Waals surface area contributed by atoms with Crippen LogP contribution in [0.3, 0.4) is 0 Å². The maximum atomic E-state index is 5.57. The zero-order chi connectivity index (χ0) is 15.6. The molecule has 5 nitrogen and oxygen atoms in total. The lowest BCUT2D eigenvalue weighted by molar-refractivity contribution is 0.320.